The topological polar surface area (TPSA) is 47.3 Å². The van der Waals surface area contributed by atoms with E-state index >= 15 is 0 Å². The molecular formula is C16H28N2O. The summed E-state index contributed by atoms with van der Waals surface area (Å²) in [4.78, 5) is 0. The number of hydrogen-bond donors (Lipinski definition) is 2. The molecular weight excluding hydrogens is 236 g/mol. The third kappa shape index (κ3) is 4.84. The lowest BCUT2D eigenvalue weighted by atomic mass is 9.83. The van der Waals surface area contributed by atoms with Crippen LogP contribution in [0.5, 0.6) is 5.75 Å². The van der Waals surface area contributed by atoms with Gasteiger partial charge < -0.3 is 15.8 Å². The van der Waals surface area contributed by atoms with Crippen molar-refractivity contribution in [1.29, 1.82) is 0 Å². The number of hydrogen-bond acceptors (Lipinski definition) is 3. The molecule has 3 nitrogen and oxygen atoms in total. The van der Waals surface area contributed by atoms with Crippen LogP contribution in [-0.4, -0.2) is 26.7 Å². The zero-order valence-corrected chi connectivity index (χ0v) is 12.8. The molecule has 0 bridgehead atoms. The average Bonchev–Trinajstić information content (AvgIpc) is 2.38. The predicted molar refractivity (Wildman–Crippen MR) is 81.9 cm³/mol. The van der Waals surface area contributed by atoms with Gasteiger partial charge in [0.05, 0.1) is 7.11 Å². The van der Waals surface area contributed by atoms with Crippen LogP contribution in [-0.2, 0) is 5.41 Å². The van der Waals surface area contributed by atoms with Gasteiger partial charge >= 0.3 is 0 Å². The summed E-state index contributed by atoms with van der Waals surface area (Å²) in [5.74, 6) is 0.972. The standard InChI is InChI=1S/C16H28N2O/c1-13-7-8-15(19-4)14(11-13)16(2,3)12-18-10-6-5-9-17/h7-8,11,18H,5-6,9-10,12,17H2,1-4H3. The molecule has 0 atom stereocenters. The Balaban J connectivity index is 2.67. The molecule has 1 aromatic carbocycles. The lowest BCUT2D eigenvalue weighted by molar-refractivity contribution is 0.385. The molecule has 0 aliphatic carbocycles. The lowest BCUT2D eigenvalue weighted by Gasteiger charge is -2.28. The van der Waals surface area contributed by atoms with Gasteiger partial charge in [0.25, 0.3) is 0 Å². The molecule has 0 unspecified atom stereocenters. The summed E-state index contributed by atoms with van der Waals surface area (Å²) in [7, 11) is 1.74. The van der Waals surface area contributed by atoms with Crippen LogP contribution in [0.25, 0.3) is 0 Å². The van der Waals surface area contributed by atoms with Gasteiger partial charge in [-0.1, -0.05) is 31.5 Å². The fraction of sp³-hybridized carbons (Fsp3) is 0.625. The van der Waals surface area contributed by atoms with Gasteiger partial charge in [0.1, 0.15) is 5.75 Å². The van der Waals surface area contributed by atoms with Crippen molar-refractivity contribution in [3.63, 3.8) is 0 Å². The monoisotopic (exact) mass is 264 g/mol. The van der Waals surface area contributed by atoms with Crippen molar-refractivity contribution in [2.75, 3.05) is 26.7 Å². The molecule has 0 heterocycles. The Morgan fingerprint density at radius 2 is 2.00 bits per heavy atom. The minimum absolute atomic E-state index is 0.0556. The van der Waals surface area contributed by atoms with E-state index in [1.54, 1.807) is 7.11 Å². The van der Waals surface area contributed by atoms with Crippen LogP contribution < -0.4 is 15.8 Å². The van der Waals surface area contributed by atoms with Crippen molar-refractivity contribution in [3.8, 4) is 5.75 Å². The molecule has 19 heavy (non-hydrogen) atoms. The second-order valence-electron chi connectivity index (χ2n) is 5.76. The summed E-state index contributed by atoms with van der Waals surface area (Å²) in [6.45, 7) is 9.36. The molecule has 0 saturated heterocycles. The van der Waals surface area contributed by atoms with Gasteiger partial charge in [-0.25, -0.2) is 0 Å². The van der Waals surface area contributed by atoms with E-state index in [-0.39, 0.29) is 5.41 Å². The maximum absolute atomic E-state index is 5.50. The summed E-state index contributed by atoms with van der Waals surface area (Å²) in [6, 6.07) is 6.37. The zero-order valence-electron chi connectivity index (χ0n) is 12.8. The highest BCUT2D eigenvalue weighted by atomic mass is 16.5. The maximum atomic E-state index is 5.50. The van der Waals surface area contributed by atoms with E-state index in [9.17, 15) is 0 Å². The Labute approximate surface area is 117 Å². The van der Waals surface area contributed by atoms with Gasteiger partial charge in [-0.15, -0.1) is 0 Å². The number of rotatable bonds is 8. The van der Waals surface area contributed by atoms with Crippen LogP contribution in [0.1, 0.15) is 37.8 Å². The quantitative estimate of drug-likeness (QED) is 0.710. The Morgan fingerprint density at radius 1 is 1.26 bits per heavy atom. The first kappa shape index (κ1) is 16.0. The lowest BCUT2D eigenvalue weighted by Crippen LogP contribution is -2.34. The van der Waals surface area contributed by atoms with E-state index in [0.717, 1.165) is 38.2 Å². The Kier molecular flexibility index (Phi) is 6.32. The van der Waals surface area contributed by atoms with Crippen molar-refractivity contribution >= 4 is 0 Å². The summed E-state index contributed by atoms with van der Waals surface area (Å²) in [6.07, 6.45) is 2.22. The van der Waals surface area contributed by atoms with Crippen molar-refractivity contribution < 1.29 is 4.74 Å². The number of nitrogens with one attached hydrogen (secondary N) is 1. The molecule has 0 aromatic heterocycles. The molecule has 0 fully saturated rings. The Bertz CT molecular complexity index is 388. The van der Waals surface area contributed by atoms with Gasteiger partial charge in [0.15, 0.2) is 0 Å². The summed E-state index contributed by atoms with van der Waals surface area (Å²) < 4.78 is 5.49. The van der Waals surface area contributed by atoms with Crippen LogP contribution >= 0.6 is 0 Å². The Morgan fingerprint density at radius 3 is 2.63 bits per heavy atom. The highest BCUT2D eigenvalue weighted by Crippen LogP contribution is 2.31. The van der Waals surface area contributed by atoms with Crippen molar-refractivity contribution in [2.24, 2.45) is 5.73 Å². The van der Waals surface area contributed by atoms with E-state index in [1.807, 2.05) is 0 Å². The SMILES string of the molecule is COc1ccc(C)cc1C(C)(C)CNCCCCN. The zero-order chi connectivity index (χ0) is 14.3. The summed E-state index contributed by atoms with van der Waals surface area (Å²) >= 11 is 0. The predicted octanol–water partition coefficient (Wildman–Crippen LogP) is 2.61. The van der Waals surface area contributed by atoms with Crippen LogP contribution in [0.2, 0.25) is 0 Å². The number of ether oxygens (including phenoxy) is 1. The second-order valence-corrected chi connectivity index (χ2v) is 5.76. The van der Waals surface area contributed by atoms with Crippen molar-refractivity contribution in [2.45, 2.75) is 39.0 Å². The number of nitrogens with two attached hydrogens (primary N) is 1. The second kappa shape index (κ2) is 7.51. The van der Waals surface area contributed by atoms with Crippen LogP contribution in [0, 0.1) is 6.92 Å². The Hall–Kier alpha value is -1.06. The molecule has 1 aromatic rings. The molecule has 0 saturated carbocycles. The fourth-order valence-corrected chi connectivity index (χ4v) is 2.24. The minimum Gasteiger partial charge on any atom is -0.496 e. The van der Waals surface area contributed by atoms with Gasteiger partial charge in [0, 0.05) is 17.5 Å². The molecule has 0 spiro atoms. The van der Waals surface area contributed by atoms with Crippen LogP contribution in [0.3, 0.4) is 0 Å². The first-order valence-electron chi connectivity index (χ1n) is 7.07. The normalized spacial score (nSPS) is 11.6. The van der Waals surface area contributed by atoms with E-state index in [4.69, 9.17) is 10.5 Å². The minimum atomic E-state index is 0.0556. The van der Waals surface area contributed by atoms with Gasteiger partial charge in [0.2, 0.25) is 0 Å². The smallest absolute Gasteiger partial charge is 0.122 e. The van der Waals surface area contributed by atoms with Gasteiger partial charge in [-0.2, -0.15) is 0 Å². The fourth-order valence-electron chi connectivity index (χ4n) is 2.24. The van der Waals surface area contributed by atoms with E-state index in [1.165, 1.54) is 11.1 Å². The highest BCUT2D eigenvalue weighted by molar-refractivity contribution is 5.41. The largest absolute Gasteiger partial charge is 0.496 e. The molecule has 3 N–H and O–H groups in total. The number of aryl methyl sites for hydroxylation is 1. The van der Waals surface area contributed by atoms with Crippen LogP contribution in [0.4, 0.5) is 0 Å². The van der Waals surface area contributed by atoms with Crippen molar-refractivity contribution in [3.05, 3.63) is 29.3 Å². The summed E-state index contributed by atoms with van der Waals surface area (Å²) in [5, 5.41) is 3.52. The van der Waals surface area contributed by atoms with Gasteiger partial charge in [-0.05, 0) is 38.9 Å². The molecule has 0 aliphatic rings. The molecule has 108 valence electrons. The molecule has 0 aliphatic heterocycles. The molecule has 3 heteroatoms. The van der Waals surface area contributed by atoms with Gasteiger partial charge in [-0.3, -0.25) is 0 Å². The third-order valence-corrected chi connectivity index (χ3v) is 3.46. The van der Waals surface area contributed by atoms with E-state index in [0.29, 0.717) is 0 Å². The number of unbranched alkanes of at least 4 members (excludes halogenated alkanes) is 1. The average molecular weight is 264 g/mol. The molecule has 1 rings (SSSR count). The van der Waals surface area contributed by atoms with Crippen LogP contribution in [0.15, 0.2) is 18.2 Å². The molecule has 0 amide bonds. The number of methoxy groups -OCH3 is 1. The maximum Gasteiger partial charge on any atom is 0.122 e. The first-order valence-corrected chi connectivity index (χ1v) is 7.07. The summed E-state index contributed by atoms with van der Waals surface area (Å²) in [5.41, 5.74) is 8.09. The molecule has 0 radical (unpaired) electrons. The van der Waals surface area contributed by atoms with Crippen molar-refractivity contribution in [1.82, 2.24) is 5.32 Å². The highest BCUT2D eigenvalue weighted by Gasteiger charge is 2.24. The first-order chi connectivity index (χ1) is 9.01. The van der Waals surface area contributed by atoms with E-state index < -0.39 is 0 Å². The number of benzene rings is 1. The van der Waals surface area contributed by atoms with E-state index in [2.05, 4.69) is 44.3 Å². The third-order valence-electron chi connectivity index (χ3n) is 3.46.